The number of carbonyl (C=O) groups is 2. The van der Waals surface area contributed by atoms with Crippen LogP contribution in [0.2, 0.25) is 0 Å². The number of Topliss-reactive ketones (excluding diaryl/α,β-unsaturated/α-hetero) is 1. The number of rotatable bonds is 5. The van der Waals surface area contributed by atoms with Crippen LogP contribution >= 0.6 is 12.2 Å². The van der Waals surface area contributed by atoms with Crippen LogP contribution in [0, 0.1) is 0 Å². The third-order valence-corrected chi connectivity index (χ3v) is 4.65. The van der Waals surface area contributed by atoms with E-state index in [0.29, 0.717) is 5.56 Å². The van der Waals surface area contributed by atoms with Gasteiger partial charge in [0.05, 0.1) is 12.8 Å². The van der Waals surface area contributed by atoms with E-state index >= 15 is 0 Å². The van der Waals surface area contributed by atoms with E-state index < -0.39 is 23.4 Å². The number of hydrogen-bond donors (Lipinski definition) is 2. The fourth-order valence-corrected chi connectivity index (χ4v) is 3.09. The Hall–Kier alpha value is -3.72. The zero-order valence-corrected chi connectivity index (χ0v) is 17.5. The Labute approximate surface area is 187 Å². The van der Waals surface area contributed by atoms with E-state index in [4.69, 9.17) is 17.0 Å². The molecule has 0 atom stereocenters. The molecule has 0 aliphatic heterocycles. The van der Waals surface area contributed by atoms with Crippen molar-refractivity contribution < 1.29 is 27.5 Å². The van der Waals surface area contributed by atoms with E-state index in [2.05, 4.69) is 10.6 Å². The third kappa shape index (κ3) is 5.50. The predicted molar refractivity (Wildman–Crippen MR) is 119 cm³/mol. The van der Waals surface area contributed by atoms with Crippen LogP contribution in [0.5, 0.6) is 5.75 Å². The molecule has 1 amide bonds. The van der Waals surface area contributed by atoms with Crippen molar-refractivity contribution in [2.45, 2.75) is 6.18 Å². The first-order valence-electron chi connectivity index (χ1n) is 9.26. The van der Waals surface area contributed by atoms with Crippen LogP contribution in [-0.4, -0.2) is 30.1 Å². The molecule has 0 aliphatic carbocycles. The van der Waals surface area contributed by atoms with Gasteiger partial charge in [-0.25, -0.2) is 0 Å². The number of carbonyl (C=O) groups excluding carboxylic acids is 2. The number of halogens is 3. The summed E-state index contributed by atoms with van der Waals surface area (Å²) in [5.41, 5.74) is 1.68. The Morgan fingerprint density at radius 1 is 0.875 bits per heavy atom. The molecule has 5 nitrogen and oxygen atoms in total. The molecule has 32 heavy (non-hydrogen) atoms. The lowest BCUT2D eigenvalue weighted by molar-refractivity contribution is -0.0885. The minimum absolute atomic E-state index is 0.00678. The molecule has 3 aromatic rings. The van der Waals surface area contributed by atoms with Gasteiger partial charge in [-0.05, 0) is 53.7 Å². The lowest BCUT2D eigenvalue weighted by Gasteiger charge is -2.14. The maximum absolute atomic E-state index is 12.7. The Balaban J connectivity index is 1.71. The largest absolute Gasteiger partial charge is 0.495 e. The van der Waals surface area contributed by atoms with Gasteiger partial charge >= 0.3 is 6.18 Å². The van der Waals surface area contributed by atoms with Crippen LogP contribution in [0.4, 0.5) is 18.9 Å². The van der Waals surface area contributed by atoms with Crippen molar-refractivity contribution in [3.8, 4) is 16.9 Å². The van der Waals surface area contributed by atoms with Gasteiger partial charge in [0, 0.05) is 11.1 Å². The Kier molecular flexibility index (Phi) is 6.89. The molecule has 0 aliphatic rings. The summed E-state index contributed by atoms with van der Waals surface area (Å²) in [5, 5.41) is 4.88. The number of methoxy groups -OCH3 is 1. The Morgan fingerprint density at radius 3 is 2.06 bits per heavy atom. The van der Waals surface area contributed by atoms with Crippen LogP contribution in [0.15, 0.2) is 72.8 Å². The molecule has 164 valence electrons. The molecule has 0 saturated carbocycles. The molecule has 0 unspecified atom stereocenters. The van der Waals surface area contributed by atoms with Crippen molar-refractivity contribution in [1.82, 2.24) is 5.32 Å². The number of hydrogen-bond acceptors (Lipinski definition) is 4. The van der Waals surface area contributed by atoms with Crippen molar-refractivity contribution in [2.75, 3.05) is 12.4 Å². The first kappa shape index (κ1) is 23.0. The van der Waals surface area contributed by atoms with Gasteiger partial charge in [-0.15, -0.1) is 0 Å². The molecule has 0 saturated heterocycles. The van der Waals surface area contributed by atoms with E-state index in [-0.39, 0.29) is 16.5 Å². The maximum atomic E-state index is 12.7. The monoisotopic (exact) mass is 458 g/mol. The number of amides is 1. The molecular formula is C23H17F3N2O3S. The quantitative estimate of drug-likeness (QED) is 0.405. The summed E-state index contributed by atoms with van der Waals surface area (Å²) in [4.78, 5) is 24.0. The second-order valence-electron chi connectivity index (χ2n) is 6.59. The highest BCUT2D eigenvalue weighted by molar-refractivity contribution is 7.80. The fraction of sp³-hybridized carbons (Fsp3) is 0.0870. The molecule has 0 heterocycles. The number of thiocarbonyl (C=S) groups is 1. The molecule has 2 N–H and O–H groups in total. The molecule has 0 spiro atoms. The highest BCUT2D eigenvalue weighted by atomic mass is 32.1. The molecule has 0 fully saturated rings. The number of ketones is 1. The van der Waals surface area contributed by atoms with Crippen LogP contribution in [0.25, 0.3) is 11.1 Å². The van der Waals surface area contributed by atoms with Gasteiger partial charge in [0.2, 0.25) is 0 Å². The molecule has 3 aromatic carbocycles. The molecule has 0 bridgehead atoms. The zero-order chi connectivity index (χ0) is 23.3. The zero-order valence-electron chi connectivity index (χ0n) is 16.7. The second-order valence-corrected chi connectivity index (χ2v) is 7.00. The van der Waals surface area contributed by atoms with Crippen LogP contribution < -0.4 is 15.4 Å². The van der Waals surface area contributed by atoms with Crippen LogP contribution in [0.3, 0.4) is 0 Å². The maximum Gasteiger partial charge on any atom is 0.454 e. The highest BCUT2D eigenvalue weighted by Gasteiger charge is 2.39. The SMILES string of the molecule is COc1ccc(C(=O)C(F)(F)F)cc1NC(=S)NC(=O)c1ccc(-c2ccccc2)cc1. The van der Waals surface area contributed by atoms with Gasteiger partial charge in [0.1, 0.15) is 5.75 Å². The lowest BCUT2D eigenvalue weighted by atomic mass is 10.0. The normalized spacial score (nSPS) is 10.9. The number of ether oxygens (including phenoxy) is 1. The van der Waals surface area contributed by atoms with Gasteiger partial charge in [-0.2, -0.15) is 13.2 Å². The van der Waals surface area contributed by atoms with Crippen molar-refractivity contribution in [2.24, 2.45) is 0 Å². The number of alkyl halides is 3. The summed E-state index contributed by atoms with van der Waals surface area (Å²) >= 11 is 5.10. The minimum Gasteiger partial charge on any atom is -0.495 e. The van der Waals surface area contributed by atoms with Gasteiger partial charge in [-0.3, -0.25) is 14.9 Å². The van der Waals surface area contributed by atoms with Crippen molar-refractivity contribution in [3.05, 3.63) is 83.9 Å². The van der Waals surface area contributed by atoms with E-state index in [9.17, 15) is 22.8 Å². The average molecular weight is 458 g/mol. The summed E-state index contributed by atoms with van der Waals surface area (Å²) in [7, 11) is 1.31. The van der Waals surface area contributed by atoms with Crippen molar-refractivity contribution >= 4 is 34.7 Å². The summed E-state index contributed by atoms with van der Waals surface area (Å²) in [6.07, 6.45) is -5.02. The van der Waals surface area contributed by atoms with E-state index in [1.54, 1.807) is 24.3 Å². The first-order valence-corrected chi connectivity index (χ1v) is 9.67. The van der Waals surface area contributed by atoms with Crippen LogP contribution in [-0.2, 0) is 0 Å². The Morgan fingerprint density at radius 2 is 1.47 bits per heavy atom. The molecule has 0 aromatic heterocycles. The predicted octanol–water partition coefficient (Wildman–Crippen LogP) is 5.23. The summed E-state index contributed by atoms with van der Waals surface area (Å²) < 4.78 is 43.3. The minimum atomic E-state index is -5.02. The molecule has 3 rings (SSSR count). The third-order valence-electron chi connectivity index (χ3n) is 4.45. The van der Waals surface area contributed by atoms with Gasteiger partial charge < -0.3 is 10.1 Å². The Bertz CT molecular complexity index is 1150. The van der Waals surface area contributed by atoms with Crippen molar-refractivity contribution in [1.29, 1.82) is 0 Å². The number of anilines is 1. The summed E-state index contributed by atoms with van der Waals surface area (Å²) in [6.45, 7) is 0. The lowest BCUT2D eigenvalue weighted by Crippen LogP contribution is -2.34. The van der Waals surface area contributed by atoms with E-state index in [0.717, 1.165) is 23.3 Å². The molecular weight excluding hydrogens is 441 g/mol. The van der Waals surface area contributed by atoms with Gasteiger partial charge in [0.25, 0.3) is 11.7 Å². The molecule has 9 heteroatoms. The first-order chi connectivity index (χ1) is 15.2. The highest BCUT2D eigenvalue weighted by Crippen LogP contribution is 2.29. The average Bonchev–Trinajstić information content (AvgIpc) is 2.78. The van der Waals surface area contributed by atoms with Crippen molar-refractivity contribution in [3.63, 3.8) is 0 Å². The van der Waals surface area contributed by atoms with Crippen LogP contribution in [0.1, 0.15) is 20.7 Å². The standard InChI is InChI=1S/C23H17F3N2O3S/c1-31-19-12-11-17(20(29)23(24,25)26)13-18(19)27-22(32)28-21(30)16-9-7-15(8-10-16)14-5-3-2-4-6-14/h2-13H,1H3,(H2,27,28,30,32). The van der Waals surface area contributed by atoms with E-state index in [1.165, 1.54) is 13.2 Å². The summed E-state index contributed by atoms with van der Waals surface area (Å²) in [5.74, 6) is -2.37. The molecule has 0 radical (unpaired) electrons. The summed E-state index contributed by atoms with van der Waals surface area (Å²) in [6, 6.07) is 19.6. The number of benzene rings is 3. The smallest absolute Gasteiger partial charge is 0.454 e. The van der Waals surface area contributed by atoms with Gasteiger partial charge in [0.15, 0.2) is 5.11 Å². The fourth-order valence-electron chi connectivity index (χ4n) is 2.88. The number of nitrogens with one attached hydrogen (secondary N) is 2. The van der Waals surface area contributed by atoms with E-state index in [1.807, 2.05) is 30.3 Å². The topological polar surface area (TPSA) is 67.4 Å². The second kappa shape index (κ2) is 9.61. The van der Waals surface area contributed by atoms with Gasteiger partial charge in [-0.1, -0.05) is 42.5 Å².